The lowest BCUT2D eigenvalue weighted by atomic mass is 10.3. The summed E-state index contributed by atoms with van der Waals surface area (Å²) in [6, 6.07) is 9.19. The van der Waals surface area contributed by atoms with Gasteiger partial charge in [-0.2, -0.15) is 0 Å². The highest BCUT2D eigenvalue weighted by atomic mass is 127. The molecule has 2 rings (SSSR count). The minimum Gasteiger partial charge on any atom is -0.355 e. The van der Waals surface area contributed by atoms with Gasteiger partial charge in [0.05, 0.1) is 22.3 Å². The molecular formula is C14H22IN3O3S2. The first-order valence-electron chi connectivity index (χ1n) is 7.11. The lowest BCUT2D eigenvalue weighted by Gasteiger charge is -2.15. The Hall–Kier alpha value is -0.680. The van der Waals surface area contributed by atoms with Gasteiger partial charge in [0, 0.05) is 30.3 Å². The molecule has 1 aromatic carbocycles. The van der Waals surface area contributed by atoms with E-state index in [-0.39, 0.29) is 41.5 Å². The molecule has 1 fully saturated rings. The van der Waals surface area contributed by atoms with Gasteiger partial charge in [-0.25, -0.2) is 8.42 Å². The summed E-state index contributed by atoms with van der Waals surface area (Å²) in [4.78, 5) is 4.87. The van der Waals surface area contributed by atoms with E-state index in [9.17, 15) is 12.6 Å². The summed E-state index contributed by atoms with van der Waals surface area (Å²) in [5.74, 6) is 1.38. The van der Waals surface area contributed by atoms with Gasteiger partial charge < -0.3 is 10.6 Å². The lowest BCUT2D eigenvalue weighted by Crippen LogP contribution is -2.45. The van der Waals surface area contributed by atoms with Gasteiger partial charge in [-0.15, -0.1) is 24.0 Å². The highest BCUT2D eigenvalue weighted by Crippen LogP contribution is 2.11. The smallest absolute Gasteiger partial charge is 0.191 e. The van der Waals surface area contributed by atoms with Crippen LogP contribution in [0.3, 0.4) is 0 Å². The molecule has 2 N–H and O–H groups in total. The molecule has 1 aliphatic heterocycles. The van der Waals surface area contributed by atoms with Crippen LogP contribution in [0.25, 0.3) is 0 Å². The number of hydrogen-bond acceptors (Lipinski definition) is 4. The summed E-state index contributed by atoms with van der Waals surface area (Å²) in [6.45, 7) is 0.501. The SMILES string of the molecule is CN=C(NCCS(=O)c1ccccc1)NC1CCS(=O)(=O)C1.I. The molecule has 1 heterocycles. The maximum atomic E-state index is 12.1. The van der Waals surface area contributed by atoms with E-state index in [1.54, 1.807) is 7.05 Å². The van der Waals surface area contributed by atoms with Gasteiger partial charge in [0.2, 0.25) is 0 Å². The fourth-order valence-corrected chi connectivity index (χ4v) is 4.91. The zero-order valence-electron chi connectivity index (χ0n) is 12.9. The molecule has 130 valence electrons. The molecule has 23 heavy (non-hydrogen) atoms. The van der Waals surface area contributed by atoms with Crippen LogP contribution in [-0.2, 0) is 20.6 Å². The van der Waals surface area contributed by atoms with Crippen molar-refractivity contribution < 1.29 is 12.6 Å². The van der Waals surface area contributed by atoms with Crippen molar-refractivity contribution in [2.75, 3.05) is 30.9 Å². The average Bonchev–Trinajstić information content (AvgIpc) is 2.85. The molecule has 0 bridgehead atoms. The molecule has 1 saturated heterocycles. The summed E-state index contributed by atoms with van der Waals surface area (Å²) in [5.41, 5.74) is 0. The quantitative estimate of drug-likeness (QED) is 0.376. The van der Waals surface area contributed by atoms with E-state index in [2.05, 4.69) is 15.6 Å². The van der Waals surface area contributed by atoms with Crippen LogP contribution in [0.15, 0.2) is 40.2 Å². The normalized spacial score (nSPS) is 21.3. The van der Waals surface area contributed by atoms with Crippen molar-refractivity contribution in [2.45, 2.75) is 17.4 Å². The second-order valence-corrected chi connectivity index (χ2v) is 8.91. The first-order valence-corrected chi connectivity index (χ1v) is 10.3. The summed E-state index contributed by atoms with van der Waals surface area (Å²) in [7, 11) is -2.34. The minimum absolute atomic E-state index is 0. The second kappa shape index (κ2) is 9.58. The number of nitrogens with zero attached hydrogens (tertiary/aromatic N) is 1. The van der Waals surface area contributed by atoms with Gasteiger partial charge >= 0.3 is 0 Å². The monoisotopic (exact) mass is 471 g/mol. The number of rotatable bonds is 5. The van der Waals surface area contributed by atoms with Crippen molar-refractivity contribution in [1.29, 1.82) is 0 Å². The minimum atomic E-state index is -2.91. The van der Waals surface area contributed by atoms with Crippen LogP contribution >= 0.6 is 24.0 Å². The topological polar surface area (TPSA) is 87.6 Å². The Balaban J connectivity index is 0.00000264. The van der Waals surface area contributed by atoms with Crippen LogP contribution in [0.2, 0.25) is 0 Å². The summed E-state index contributed by atoms with van der Waals surface area (Å²) in [5, 5.41) is 6.17. The van der Waals surface area contributed by atoms with Gasteiger partial charge in [-0.05, 0) is 18.6 Å². The highest BCUT2D eigenvalue weighted by molar-refractivity contribution is 14.0. The van der Waals surface area contributed by atoms with Gasteiger partial charge in [0.1, 0.15) is 0 Å². The fourth-order valence-electron chi connectivity index (χ4n) is 2.25. The number of guanidine groups is 1. The van der Waals surface area contributed by atoms with Crippen molar-refractivity contribution in [3.8, 4) is 0 Å². The number of aliphatic imine (C=N–C) groups is 1. The van der Waals surface area contributed by atoms with E-state index in [1.165, 1.54) is 0 Å². The van der Waals surface area contributed by atoms with E-state index in [0.29, 0.717) is 24.7 Å². The third kappa shape index (κ3) is 6.76. The largest absolute Gasteiger partial charge is 0.355 e. The molecular weight excluding hydrogens is 449 g/mol. The zero-order chi connectivity index (χ0) is 16.0. The summed E-state index contributed by atoms with van der Waals surface area (Å²) in [6.07, 6.45) is 0.596. The van der Waals surface area contributed by atoms with E-state index in [4.69, 9.17) is 0 Å². The van der Waals surface area contributed by atoms with Crippen molar-refractivity contribution in [3.05, 3.63) is 30.3 Å². The standard InChI is InChI=1S/C14H21N3O3S2.HI/c1-15-14(17-12-7-10-22(19,20)11-12)16-8-9-21(18)13-5-3-2-4-6-13;/h2-6,12H,7-11H2,1H3,(H2,15,16,17);1H. The van der Waals surface area contributed by atoms with Gasteiger partial charge in [0.15, 0.2) is 15.8 Å². The molecule has 9 heteroatoms. The van der Waals surface area contributed by atoms with E-state index in [1.807, 2.05) is 30.3 Å². The van der Waals surface area contributed by atoms with Crippen LogP contribution in [-0.4, -0.2) is 55.5 Å². The van der Waals surface area contributed by atoms with Crippen molar-refractivity contribution in [3.63, 3.8) is 0 Å². The number of halogens is 1. The zero-order valence-corrected chi connectivity index (χ0v) is 16.9. The number of hydrogen-bond donors (Lipinski definition) is 2. The molecule has 0 aromatic heterocycles. The average molecular weight is 471 g/mol. The maximum absolute atomic E-state index is 12.1. The second-order valence-electron chi connectivity index (χ2n) is 5.11. The van der Waals surface area contributed by atoms with Crippen molar-refractivity contribution >= 4 is 50.6 Å². The van der Waals surface area contributed by atoms with Crippen LogP contribution in [0.4, 0.5) is 0 Å². The molecule has 0 aliphatic carbocycles. The van der Waals surface area contributed by atoms with Crippen LogP contribution in [0.5, 0.6) is 0 Å². The highest BCUT2D eigenvalue weighted by Gasteiger charge is 2.28. The Labute approximate surface area is 156 Å². The Kier molecular flexibility index (Phi) is 8.48. The molecule has 1 aromatic rings. The number of sulfone groups is 1. The Morgan fingerprint density at radius 2 is 2.04 bits per heavy atom. The third-order valence-electron chi connectivity index (χ3n) is 3.38. The van der Waals surface area contributed by atoms with Crippen LogP contribution in [0.1, 0.15) is 6.42 Å². The predicted octanol–water partition coefficient (Wildman–Crippen LogP) is 0.764. The fraction of sp³-hybridized carbons (Fsp3) is 0.500. The predicted molar refractivity (Wildman–Crippen MR) is 105 cm³/mol. The Bertz CT molecular complexity index is 650. The molecule has 0 spiro atoms. The van der Waals surface area contributed by atoms with Crippen LogP contribution in [0, 0.1) is 0 Å². The Morgan fingerprint density at radius 1 is 1.35 bits per heavy atom. The summed E-state index contributed by atoms with van der Waals surface area (Å²) < 4.78 is 34.9. The van der Waals surface area contributed by atoms with Gasteiger partial charge in [-0.1, -0.05) is 18.2 Å². The van der Waals surface area contributed by atoms with E-state index < -0.39 is 20.6 Å². The molecule has 0 saturated carbocycles. The molecule has 0 radical (unpaired) electrons. The summed E-state index contributed by atoms with van der Waals surface area (Å²) >= 11 is 0. The van der Waals surface area contributed by atoms with Gasteiger partial charge in [-0.3, -0.25) is 9.20 Å². The number of benzene rings is 1. The van der Waals surface area contributed by atoms with Crippen molar-refractivity contribution in [2.24, 2.45) is 4.99 Å². The van der Waals surface area contributed by atoms with Crippen LogP contribution < -0.4 is 10.6 Å². The first kappa shape index (κ1) is 20.4. The van der Waals surface area contributed by atoms with Gasteiger partial charge in [0.25, 0.3) is 0 Å². The van der Waals surface area contributed by atoms with Crippen molar-refractivity contribution in [1.82, 2.24) is 10.6 Å². The maximum Gasteiger partial charge on any atom is 0.191 e. The third-order valence-corrected chi connectivity index (χ3v) is 6.52. The van der Waals surface area contributed by atoms with E-state index in [0.717, 1.165) is 4.90 Å². The number of nitrogens with one attached hydrogen (secondary N) is 2. The molecule has 0 amide bonds. The molecule has 1 aliphatic rings. The van der Waals surface area contributed by atoms with E-state index >= 15 is 0 Å². The Morgan fingerprint density at radius 3 is 2.61 bits per heavy atom. The molecule has 6 nitrogen and oxygen atoms in total. The molecule has 2 atom stereocenters. The molecule has 2 unspecified atom stereocenters. The first-order chi connectivity index (χ1) is 10.5. The lowest BCUT2D eigenvalue weighted by molar-refractivity contribution is 0.599.